The van der Waals surface area contributed by atoms with Crippen LogP contribution in [-0.2, 0) is 20.5 Å². The van der Waals surface area contributed by atoms with Gasteiger partial charge in [-0.3, -0.25) is 9.78 Å². The fourth-order valence-electron chi connectivity index (χ4n) is 4.25. The summed E-state index contributed by atoms with van der Waals surface area (Å²) in [4.78, 5) is 17.2. The molecule has 182 valence electrons. The molecule has 0 bridgehead atoms. The molecule has 4 rings (SSSR count). The summed E-state index contributed by atoms with van der Waals surface area (Å²) in [5, 5.41) is -1.02. The third kappa shape index (κ3) is 6.08. The van der Waals surface area contributed by atoms with Gasteiger partial charge in [0.15, 0.2) is 6.34 Å². The second-order valence-electron chi connectivity index (χ2n) is 8.66. The highest BCUT2D eigenvalue weighted by Crippen LogP contribution is 2.70. The van der Waals surface area contributed by atoms with Crippen molar-refractivity contribution in [3.8, 4) is 16.9 Å². The van der Waals surface area contributed by atoms with Crippen molar-refractivity contribution in [1.29, 1.82) is 0 Å². The largest absolute Gasteiger partial charge is 0.494 e. The van der Waals surface area contributed by atoms with Crippen LogP contribution in [-0.4, -0.2) is 42.5 Å². The number of hydrogen-bond acceptors (Lipinski definition) is 6. The van der Waals surface area contributed by atoms with E-state index in [4.69, 9.17) is 15.2 Å². The van der Waals surface area contributed by atoms with Gasteiger partial charge in [0.05, 0.1) is 18.4 Å². The third-order valence-corrected chi connectivity index (χ3v) is 12.1. The average molecular weight is 509 g/mol. The lowest BCUT2D eigenvalue weighted by Crippen LogP contribution is -2.47. The Bertz CT molecular complexity index is 1180. The minimum atomic E-state index is -2.97. The summed E-state index contributed by atoms with van der Waals surface area (Å²) in [6, 6.07) is 21.8. The molecule has 1 unspecified atom stereocenters. The molecule has 2 heterocycles. The van der Waals surface area contributed by atoms with E-state index >= 15 is 0 Å². The van der Waals surface area contributed by atoms with Gasteiger partial charge in [-0.15, -0.1) is 0 Å². The molecular weight excluding hydrogens is 479 g/mol. The van der Waals surface area contributed by atoms with Crippen LogP contribution in [0.5, 0.6) is 5.75 Å². The zero-order valence-corrected chi connectivity index (χ0v) is 21.4. The maximum Gasteiger partial charge on any atom is 0.232 e. The van der Waals surface area contributed by atoms with Crippen molar-refractivity contribution in [2.75, 3.05) is 26.5 Å². The van der Waals surface area contributed by atoms with Crippen LogP contribution in [0.4, 0.5) is 0 Å². The summed E-state index contributed by atoms with van der Waals surface area (Å²) < 4.78 is 24.9. The van der Waals surface area contributed by atoms with Crippen molar-refractivity contribution in [2.45, 2.75) is 35.7 Å². The van der Waals surface area contributed by atoms with Crippen molar-refractivity contribution < 1.29 is 18.8 Å². The molecule has 1 fully saturated rings. The van der Waals surface area contributed by atoms with E-state index in [1.165, 1.54) is 16.9 Å². The number of rotatable bonds is 10. The fourth-order valence-corrected chi connectivity index (χ4v) is 9.39. The molecule has 2 N–H and O–H groups in total. The van der Waals surface area contributed by atoms with E-state index in [1.807, 2.05) is 36.4 Å². The second-order valence-corrected chi connectivity index (χ2v) is 14.5. The van der Waals surface area contributed by atoms with Crippen LogP contribution in [0.1, 0.15) is 24.8 Å². The van der Waals surface area contributed by atoms with Crippen LogP contribution < -0.4 is 10.5 Å². The number of aromatic nitrogens is 1. The zero-order chi connectivity index (χ0) is 24.7. The highest BCUT2D eigenvalue weighted by atomic mass is 32.7. The molecule has 1 atom stereocenters. The van der Waals surface area contributed by atoms with Crippen LogP contribution in [0.3, 0.4) is 0 Å². The molecule has 2 aromatic carbocycles. The summed E-state index contributed by atoms with van der Waals surface area (Å²) in [5.41, 5.74) is 8.94. The first-order valence-electron chi connectivity index (χ1n) is 11.6. The highest BCUT2D eigenvalue weighted by Gasteiger charge is 2.51. The van der Waals surface area contributed by atoms with Gasteiger partial charge < -0.3 is 19.8 Å². The maximum absolute atomic E-state index is 13.6. The molecule has 0 saturated carbocycles. The molecule has 1 aliphatic heterocycles. The Morgan fingerprint density at radius 3 is 2.69 bits per heavy atom. The topological polar surface area (TPSA) is 91.5 Å². The van der Waals surface area contributed by atoms with Gasteiger partial charge in [0.1, 0.15) is 10.9 Å². The number of aryl methyl sites for hydroxylation is 1. The van der Waals surface area contributed by atoms with Gasteiger partial charge in [-0.1, -0.05) is 41.7 Å². The van der Waals surface area contributed by atoms with Crippen molar-refractivity contribution in [2.24, 2.45) is 5.73 Å². The Morgan fingerprint density at radius 2 is 2.00 bits per heavy atom. The Morgan fingerprint density at radius 1 is 1.23 bits per heavy atom. The maximum atomic E-state index is 13.6. The zero-order valence-electron chi connectivity index (χ0n) is 19.7. The summed E-state index contributed by atoms with van der Waals surface area (Å²) >= 11 is 1.25. The van der Waals surface area contributed by atoms with E-state index in [0.29, 0.717) is 32.7 Å². The minimum Gasteiger partial charge on any atom is -0.494 e. The quantitative estimate of drug-likeness (QED) is 0.291. The van der Waals surface area contributed by atoms with E-state index in [2.05, 4.69) is 29.2 Å². The number of hydrogen-bond donors (Lipinski definition) is 1. The molecule has 1 aromatic heterocycles. The Labute approximate surface area is 210 Å². The number of nitrogens with zero attached hydrogens (tertiary/aromatic N) is 1. The summed E-state index contributed by atoms with van der Waals surface area (Å²) in [6.07, 6.45) is 2.97. The number of amides is 1. The number of carbonyl (C=O) groups excluding carboxylic acids is 1. The molecule has 0 aliphatic carbocycles. The lowest BCUT2D eigenvalue weighted by molar-refractivity contribution is -0.122. The van der Waals surface area contributed by atoms with Crippen LogP contribution >= 0.6 is 17.7 Å². The van der Waals surface area contributed by atoms with Gasteiger partial charge in [0.25, 0.3) is 0 Å². The highest BCUT2D eigenvalue weighted by molar-refractivity contribution is 8.58. The minimum absolute atomic E-state index is 0.395. The van der Waals surface area contributed by atoms with Gasteiger partial charge in [-0.25, -0.2) is 0 Å². The normalized spacial score (nSPS) is 16.6. The van der Waals surface area contributed by atoms with Gasteiger partial charge in [0, 0.05) is 24.3 Å². The fraction of sp³-hybridized carbons (Fsp3) is 0.333. The van der Waals surface area contributed by atoms with Crippen LogP contribution in [0, 0.1) is 12.1 Å². The van der Waals surface area contributed by atoms with Crippen LogP contribution in [0.15, 0.2) is 65.8 Å². The van der Waals surface area contributed by atoms with E-state index in [1.54, 1.807) is 19.1 Å². The number of carbonyl (C=O) groups is 1. The van der Waals surface area contributed by atoms with Gasteiger partial charge in [0.2, 0.25) is 5.91 Å². The molecule has 0 radical (unpaired) electrons. The number of nitrogens with two attached hydrogens (primary N) is 1. The molecule has 3 aromatic rings. The van der Waals surface area contributed by atoms with Crippen LogP contribution in [0.2, 0.25) is 0 Å². The lowest BCUT2D eigenvalue weighted by atomic mass is 9.98. The molecular formula is C27H29N2O4PS. The Balaban J connectivity index is 1.29. The predicted molar refractivity (Wildman–Crippen MR) is 139 cm³/mol. The van der Waals surface area contributed by atoms with Crippen molar-refractivity contribution in [3.05, 3.63) is 78.6 Å². The Hall–Kier alpha value is -2.78. The molecule has 6 nitrogen and oxygen atoms in total. The summed E-state index contributed by atoms with van der Waals surface area (Å²) in [5.74, 6) is 0.256. The molecule has 1 saturated heterocycles. The van der Waals surface area contributed by atoms with Crippen LogP contribution in [0.25, 0.3) is 11.1 Å². The van der Waals surface area contributed by atoms with Gasteiger partial charge in [-0.2, -0.15) is 0 Å². The van der Waals surface area contributed by atoms with E-state index in [-0.39, 0.29) is 0 Å². The first kappa shape index (κ1) is 25.3. The van der Waals surface area contributed by atoms with Gasteiger partial charge >= 0.3 is 0 Å². The number of primary amides is 1. The molecule has 0 spiro atoms. The van der Waals surface area contributed by atoms with Crippen molar-refractivity contribution >= 4 is 23.6 Å². The molecule has 8 heteroatoms. The monoisotopic (exact) mass is 508 g/mol. The first-order chi connectivity index (χ1) is 16.9. The van der Waals surface area contributed by atoms with E-state index in [9.17, 15) is 9.36 Å². The number of benzene rings is 2. The molecule has 1 amide bonds. The number of ether oxygens (including phenoxy) is 2. The summed E-state index contributed by atoms with van der Waals surface area (Å²) in [7, 11) is 0. The Kier molecular flexibility index (Phi) is 8.18. The predicted octanol–water partition coefficient (Wildman–Crippen LogP) is 5.40. The molecule has 1 aliphatic rings. The summed E-state index contributed by atoms with van der Waals surface area (Å²) in [6.45, 7) is 3.05. The standard InChI is InChI=1S/C27H29N2O4PS/c1-34(31,27(26(28)30)13-17-32-18-14-27)35-25-11-9-24(10-12-25)33-16-4-6-21-5-2-7-22(19-21)23-8-3-15-29-20-23/h2,5,7,9-12,15,19-20H,4,6,13-14,16-18H2,1H3,(H2,28,30). The third-order valence-electron chi connectivity index (χ3n) is 6.33. The second kappa shape index (κ2) is 11.3. The smallest absolute Gasteiger partial charge is 0.232 e. The van der Waals surface area contributed by atoms with Crippen molar-refractivity contribution in [3.63, 3.8) is 0 Å². The molecule has 35 heavy (non-hydrogen) atoms. The SMILES string of the molecule is CP(=O)(Sc1ccc(OCCCc2cccc(-c3c#ccnc3)c2)cc1)C1(C(N)=O)CCOCC1. The van der Waals surface area contributed by atoms with Gasteiger partial charge in [-0.05, 0) is 73.8 Å². The van der Waals surface area contributed by atoms with E-state index < -0.39 is 17.4 Å². The first-order valence-corrected chi connectivity index (χ1v) is 15.2. The average Bonchev–Trinajstić information content (AvgIpc) is 2.88. The van der Waals surface area contributed by atoms with Crippen molar-refractivity contribution in [1.82, 2.24) is 4.98 Å². The van der Waals surface area contributed by atoms with E-state index in [0.717, 1.165) is 34.6 Å². The lowest BCUT2D eigenvalue weighted by Gasteiger charge is -2.38.